The lowest BCUT2D eigenvalue weighted by Gasteiger charge is -2.18. The zero-order chi connectivity index (χ0) is 32.2. The molecular formula is C39H36N2O4S. The number of fused-ring (bicyclic) bond motifs is 1. The van der Waals surface area contributed by atoms with Crippen molar-refractivity contribution >= 4 is 40.0 Å². The number of carbonyl (C=O) groups excluding carboxylic acids is 1. The number of likely N-dealkylation sites (N-methyl/N-ethyl adjacent to an activating group) is 1. The van der Waals surface area contributed by atoms with E-state index in [1.54, 1.807) is 17.8 Å². The Balaban J connectivity index is 1.45. The Morgan fingerprint density at radius 3 is 2.46 bits per heavy atom. The molecule has 2 heterocycles. The van der Waals surface area contributed by atoms with E-state index in [2.05, 4.69) is 35.7 Å². The van der Waals surface area contributed by atoms with Gasteiger partial charge in [0.05, 0.1) is 6.61 Å². The number of rotatable bonds is 9. The Hall–Kier alpha value is -4.98. The number of methoxy groups -OCH3 is 1. The fourth-order valence-electron chi connectivity index (χ4n) is 5.93. The number of anilines is 1. The first-order chi connectivity index (χ1) is 22.4. The Morgan fingerprint density at radius 2 is 1.72 bits per heavy atom. The fraction of sp³-hybridized carbons (Fsp3) is 0.179. The van der Waals surface area contributed by atoms with Gasteiger partial charge in [0.1, 0.15) is 20.7 Å². The number of thiazole rings is 1. The van der Waals surface area contributed by atoms with Crippen LogP contribution in [0.25, 0.3) is 17.2 Å². The van der Waals surface area contributed by atoms with E-state index in [1.165, 1.54) is 11.3 Å². The van der Waals surface area contributed by atoms with Gasteiger partial charge in [0.2, 0.25) is 0 Å². The van der Waals surface area contributed by atoms with Gasteiger partial charge in [-0.15, -0.1) is 17.9 Å². The number of Topliss-reactive ketones (excluding diaryl/α,β-unsaturated/α-hetero) is 1. The van der Waals surface area contributed by atoms with Crippen molar-refractivity contribution in [3.8, 4) is 0 Å². The van der Waals surface area contributed by atoms with Crippen molar-refractivity contribution in [3.05, 3.63) is 163 Å². The summed E-state index contributed by atoms with van der Waals surface area (Å²) in [6, 6.07) is 26.0. The summed E-state index contributed by atoms with van der Waals surface area (Å²) in [7, 11) is 3.74. The number of hydrogen-bond donors (Lipinski definition) is 0. The van der Waals surface area contributed by atoms with E-state index in [9.17, 15) is 9.59 Å². The molecule has 0 saturated carbocycles. The van der Waals surface area contributed by atoms with Crippen LogP contribution >= 0.6 is 11.3 Å². The molecule has 7 heteroatoms. The lowest BCUT2D eigenvalue weighted by molar-refractivity contribution is 0.105. The lowest BCUT2D eigenvalue weighted by atomic mass is 9.90. The third-order valence-corrected chi connectivity index (χ3v) is 9.46. The molecule has 1 atom stereocenters. The first-order valence-electron chi connectivity index (χ1n) is 15.2. The summed E-state index contributed by atoms with van der Waals surface area (Å²) in [4.78, 5) is 30.2. The van der Waals surface area contributed by atoms with E-state index < -0.39 is 0 Å². The molecule has 0 saturated heterocycles. The summed E-state index contributed by atoms with van der Waals surface area (Å²) in [5.41, 5.74) is 5.99. The number of nitrogens with zero attached hydrogens (tertiary/aromatic N) is 2. The zero-order valence-corrected chi connectivity index (χ0v) is 27.1. The smallest absolute Gasteiger partial charge is 0.269 e. The van der Waals surface area contributed by atoms with Crippen molar-refractivity contribution in [2.75, 3.05) is 32.2 Å². The van der Waals surface area contributed by atoms with Gasteiger partial charge >= 0.3 is 0 Å². The highest BCUT2D eigenvalue weighted by atomic mass is 32.1. The van der Waals surface area contributed by atoms with Crippen LogP contribution < -0.4 is 19.7 Å². The summed E-state index contributed by atoms with van der Waals surface area (Å²) >= 11 is 1.36. The van der Waals surface area contributed by atoms with Gasteiger partial charge < -0.3 is 14.4 Å². The average Bonchev–Trinajstić information content (AvgIpc) is 3.56. The summed E-state index contributed by atoms with van der Waals surface area (Å²) < 4.78 is 14.1. The molecule has 1 unspecified atom stereocenters. The number of ketones is 1. The van der Waals surface area contributed by atoms with E-state index >= 15 is 0 Å². The van der Waals surface area contributed by atoms with Gasteiger partial charge in [0.15, 0.2) is 5.78 Å². The molecule has 0 bridgehead atoms. The first-order valence-corrected chi connectivity index (χ1v) is 16.0. The van der Waals surface area contributed by atoms with Crippen LogP contribution in [0, 0.1) is 0 Å². The van der Waals surface area contributed by atoms with Crippen molar-refractivity contribution in [1.29, 1.82) is 0 Å². The number of ether oxygens (including phenoxy) is 2. The first kappa shape index (κ1) is 31.0. The molecule has 1 aromatic heterocycles. The average molecular weight is 629 g/mol. The van der Waals surface area contributed by atoms with Crippen LogP contribution in [-0.2, 0) is 16.0 Å². The maximum absolute atomic E-state index is 14.1. The van der Waals surface area contributed by atoms with Gasteiger partial charge in [-0.25, -0.2) is 0 Å². The van der Waals surface area contributed by atoms with E-state index in [-0.39, 0.29) is 17.3 Å². The SMILES string of the molecule is C=CCn1c(=O)/c(=C2\C=C(C)OC(C=Cc3ccc(N(C)CCOC)cc3)=C2)s/c1=C1/C(=O)c2ccccc2C1c1ccccc1. The predicted octanol–water partition coefficient (Wildman–Crippen LogP) is 6.04. The fourth-order valence-corrected chi connectivity index (χ4v) is 7.15. The molecule has 3 aromatic carbocycles. The summed E-state index contributed by atoms with van der Waals surface area (Å²) in [5, 5.41) is 0. The second kappa shape index (κ2) is 13.6. The molecule has 0 amide bonds. The quantitative estimate of drug-likeness (QED) is 0.212. The van der Waals surface area contributed by atoms with Crippen molar-refractivity contribution in [3.63, 3.8) is 0 Å². The monoisotopic (exact) mass is 628 g/mol. The topological polar surface area (TPSA) is 60.8 Å². The Morgan fingerprint density at radius 1 is 0.978 bits per heavy atom. The van der Waals surface area contributed by atoms with Crippen LogP contribution in [0.4, 0.5) is 5.69 Å². The van der Waals surface area contributed by atoms with Crippen LogP contribution in [0.5, 0.6) is 0 Å². The lowest BCUT2D eigenvalue weighted by Crippen LogP contribution is -2.33. The van der Waals surface area contributed by atoms with Crippen molar-refractivity contribution in [2.24, 2.45) is 0 Å². The van der Waals surface area contributed by atoms with Crippen LogP contribution in [0.2, 0.25) is 0 Å². The highest BCUT2D eigenvalue weighted by Gasteiger charge is 2.37. The van der Waals surface area contributed by atoms with Gasteiger partial charge in [-0.1, -0.05) is 78.9 Å². The van der Waals surface area contributed by atoms with Crippen LogP contribution in [0.1, 0.15) is 39.9 Å². The summed E-state index contributed by atoms with van der Waals surface area (Å²) in [6.45, 7) is 7.55. The number of aromatic nitrogens is 1. The minimum Gasteiger partial charge on any atom is -0.462 e. The molecule has 2 aliphatic rings. The maximum Gasteiger partial charge on any atom is 0.269 e. The molecule has 0 fully saturated rings. The standard InChI is InChI=1S/C39H36N2O4S/c1-5-21-41-38(43)37(46-39(41)35-34(28-11-7-6-8-12-28)32-13-9-10-14-33(32)36(35)42)29-24-26(2)45-31(25-29)20-17-27-15-18-30(19-16-27)40(3)22-23-44-4/h5-20,24-25,34H,1,21-23H2,2-4H3/b20-17?,37-29-,39-35+. The molecular weight excluding hydrogens is 593 g/mol. The van der Waals surface area contributed by atoms with Crippen LogP contribution in [-0.4, -0.2) is 37.7 Å². The van der Waals surface area contributed by atoms with Gasteiger partial charge in [0.25, 0.3) is 5.56 Å². The van der Waals surface area contributed by atoms with Gasteiger partial charge in [-0.2, -0.15) is 0 Å². The molecule has 232 valence electrons. The van der Waals surface area contributed by atoms with Gasteiger partial charge in [-0.05, 0) is 54.0 Å². The highest BCUT2D eigenvalue weighted by Crippen LogP contribution is 2.42. The zero-order valence-electron chi connectivity index (χ0n) is 26.2. The molecule has 4 aromatic rings. The molecule has 6 nitrogen and oxygen atoms in total. The maximum atomic E-state index is 14.1. The van der Waals surface area contributed by atoms with Gasteiger partial charge in [0, 0.05) is 55.6 Å². The van der Waals surface area contributed by atoms with Crippen molar-refractivity contribution in [2.45, 2.75) is 19.4 Å². The van der Waals surface area contributed by atoms with Crippen molar-refractivity contribution < 1.29 is 14.3 Å². The van der Waals surface area contributed by atoms with Crippen LogP contribution in [0.15, 0.2) is 126 Å². The number of carbonyl (C=O) groups is 1. The number of allylic oxidation sites excluding steroid dienone is 5. The van der Waals surface area contributed by atoms with Crippen molar-refractivity contribution in [1.82, 2.24) is 4.57 Å². The molecule has 0 spiro atoms. The largest absolute Gasteiger partial charge is 0.462 e. The Labute approximate surface area is 272 Å². The molecule has 0 N–H and O–H groups in total. The van der Waals surface area contributed by atoms with E-state index in [0.29, 0.717) is 45.0 Å². The third kappa shape index (κ3) is 6.12. The minimum absolute atomic E-state index is 0.0474. The van der Waals surface area contributed by atoms with E-state index in [4.69, 9.17) is 9.47 Å². The number of hydrogen-bond acceptors (Lipinski definition) is 6. The molecule has 6 rings (SSSR count). The molecule has 1 aliphatic carbocycles. The normalized spacial score (nSPS) is 18.2. The van der Waals surface area contributed by atoms with Crippen LogP contribution in [0.3, 0.4) is 0 Å². The summed E-state index contributed by atoms with van der Waals surface area (Å²) in [5.74, 6) is 0.981. The third-order valence-electron chi connectivity index (χ3n) is 8.21. The number of benzene rings is 3. The Kier molecular flexibility index (Phi) is 9.15. The van der Waals surface area contributed by atoms with E-state index in [0.717, 1.165) is 34.5 Å². The van der Waals surface area contributed by atoms with E-state index in [1.807, 2.05) is 92.9 Å². The molecule has 0 radical (unpaired) electrons. The second-order valence-electron chi connectivity index (χ2n) is 11.3. The second-order valence-corrected chi connectivity index (χ2v) is 12.3. The molecule has 46 heavy (non-hydrogen) atoms. The Bertz CT molecular complexity index is 2060. The summed E-state index contributed by atoms with van der Waals surface area (Å²) in [6.07, 6.45) is 9.37. The highest BCUT2D eigenvalue weighted by molar-refractivity contribution is 7.07. The van der Waals surface area contributed by atoms with Gasteiger partial charge in [-0.3, -0.25) is 14.2 Å². The predicted molar refractivity (Wildman–Crippen MR) is 187 cm³/mol. The molecule has 1 aliphatic heterocycles. The minimum atomic E-state index is -0.274.